The highest BCUT2D eigenvalue weighted by atomic mass is 32.2. The highest BCUT2D eigenvalue weighted by molar-refractivity contribution is 7.90. The molecule has 0 spiro atoms. The molecule has 1 rings (SSSR count). The molecule has 6 heteroatoms. The van der Waals surface area contributed by atoms with Crippen molar-refractivity contribution < 1.29 is 18.3 Å². The Morgan fingerprint density at radius 2 is 2.12 bits per heavy atom. The van der Waals surface area contributed by atoms with Crippen molar-refractivity contribution in [3.63, 3.8) is 0 Å². The van der Waals surface area contributed by atoms with E-state index in [0.717, 1.165) is 12.8 Å². The fourth-order valence-electron chi connectivity index (χ4n) is 2.21. The second kappa shape index (κ2) is 5.14. The zero-order valence-corrected chi connectivity index (χ0v) is 10.5. The van der Waals surface area contributed by atoms with E-state index in [2.05, 4.69) is 0 Å². The van der Waals surface area contributed by atoms with Gasteiger partial charge in [0.15, 0.2) is 0 Å². The van der Waals surface area contributed by atoms with Crippen LogP contribution in [0.4, 0.5) is 0 Å². The van der Waals surface area contributed by atoms with Gasteiger partial charge >= 0.3 is 5.97 Å². The lowest BCUT2D eigenvalue weighted by Gasteiger charge is -2.37. The molecule has 1 fully saturated rings. The Morgan fingerprint density at radius 1 is 1.50 bits per heavy atom. The number of rotatable bonds is 4. The lowest BCUT2D eigenvalue weighted by atomic mass is 9.91. The van der Waals surface area contributed by atoms with Crippen LogP contribution in [0.2, 0.25) is 0 Å². The molecule has 0 amide bonds. The maximum Gasteiger partial charge on any atom is 0.321 e. The average Bonchev–Trinajstić information content (AvgIpc) is 2.12. The molecule has 2 unspecified atom stereocenters. The lowest BCUT2D eigenvalue weighted by Crippen LogP contribution is -2.50. The van der Waals surface area contributed by atoms with E-state index in [0.29, 0.717) is 13.1 Å². The van der Waals surface area contributed by atoms with E-state index in [-0.39, 0.29) is 11.7 Å². The molecule has 0 bridgehead atoms. The Labute approximate surface area is 96.4 Å². The SMILES string of the molecule is CC1CCCN(CCS(C)(=O)=O)C1C(=O)O. The molecule has 1 aliphatic heterocycles. The van der Waals surface area contributed by atoms with Crippen LogP contribution in [-0.2, 0) is 14.6 Å². The standard InChI is InChI=1S/C10H19NO4S/c1-8-4-3-5-11(9(8)10(12)13)6-7-16(2,14)15/h8-9H,3-7H2,1-2H3,(H,12,13). The third kappa shape index (κ3) is 3.75. The molecule has 0 aromatic rings. The molecule has 2 atom stereocenters. The minimum Gasteiger partial charge on any atom is -0.480 e. The number of carboxylic acid groups (broad SMARTS) is 1. The summed E-state index contributed by atoms with van der Waals surface area (Å²) in [4.78, 5) is 12.9. The number of piperidine rings is 1. The Hall–Kier alpha value is -0.620. The fourth-order valence-corrected chi connectivity index (χ4v) is 2.77. The maximum atomic E-state index is 11.1. The monoisotopic (exact) mass is 249 g/mol. The van der Waals surface area contributed by atoms with E-state index in [4.69, 9.17) is 5.11 Å². The minimum atomic E-state index is -3.02. The van der Waals surface area contributed by atoms with Gasteiger partial charge in [-0.1, -0.05) is 6.92 Å². The molecule has 16 heavy (non-hydrogen) atoms. The van der Waals surface area contributed by atoms with Crippen molar-refractivity contribution in [1.29, 1.82) is 0 Å². The number of sulfone groups is 1. The largest absolute Gasteiger partial charge is 0.480 e. The van der Waals surface area contributed by atoms with Crippen LogP contribution in [0.1, 0.15) is 19.8 Å². The summed E-state index contributed by atoms with van der Waals surface area (Å²) in [6.07, 6.45) is 3.01. The van der Waals surface area contributed by atoms with E-state index in [1.807, 2.05) is 6.92 Å². The summed E-state index contributed by atoms with van der Waals surface area (Å²) >= 11 is 0. The van der Waals surface area contributed by atoms with Gasteiger partial charge in [-0.2, -0.15) is 0 Å². The summed E-state index contributed by atoms with van der Waals surface area (Å²) < 4.78 is 22.1. The lowest BCUT2D eigenvalue weighted by molar-refractivity contribution is -0.146. The molecule has 0 aromatic heterocycles. The number of carboxylic acids is 1. The average molecular weight is 249 g/mol. The van der Waals surface area contributed by atoms with Gasteiger partial charge in [0, 0.05) is 12.8 Å². The third-order valence-electron chi connectivity index (χ3n) is 3.04. The Bertz CT molecular complexity index is 352. The Kier molecular flexibility index (Phi) is 4.32. The van der Waals surface area contributed by atoms with Crippen LogP contribution < -0.4 is 0 Å². The predicted octanol–water partition coefficient (Wildman–Crippen LogP) is 0.216. The van der Waals surface area contributed by atoms with Crippen LogP contribution in [0.15, 0.2) is 0 Å². The topological polar surface area (TPSA) is 74.7 Å². The third-order valence-corrected chi connectivity index (χ3v) is 3.96. The van der Waals surface area contributed by atoms with Gasteiger partial charge in [-0.25, -0.2) is 8.42 Å². The molecular weight excluding hydrogens is 230 g/mol. The highest BCUT2D eigenvalue weighted by Gasteiger charge is 2.34. The second-order valence-corrected chi connectivity index (χ2v) is 6.83. The van der Waals surface area contributed by atoms with Gasteiger partial charge in [-0.15, -0.1) is 0 Å². The van der Waals surface area contributed by atoms with Gasteiger partial charge in [0.25, 0.3) is 0 Å². The summed E-state index contributed by atoms with van der Waals surface area (Å²) in [6.45, 7) is 2.91. The van der Waals surface area contributed by atoms with Gasteiger partial charge < -0.3 is 5.11 Å². The van der Waals surface area contributed by atoms with Crippen molar-refractivity contribution in [3.8, 4) is 0 Å². The molecule has 0 saturated carbocycles. The molecule has 0 radical (unpaired) electrons. The van der Waals surface area contributed by atoms with Gasteiger partial charge in [-0.3, -0.25) is 9.69 Å². The smallest absolute Gasteiger partial charge is 0.321 e. The molecule has 1 aliphatic rings. The molecule has 5 nitrogen and oxygen atoms in total. The summed E-state index contributed by atoms with van der Waals surface area (Å²) in [5.74, 6) is -0.727. The van der Waals surface area contributed by atoms with Crippen molar-refractivity contribution in [2.75, 3.05) is 25.1 Å². The summed E-state index contributed by atoms with van der Waals surface area (Å²) in [5.41, 5.74) is 0. The van der Waals surface area contributed by atoms with E-state index < -0.39 is 21.8 Å². The number of likely N-dealkylation sites (tertiary alicyclic amines) is 1. The minimum absolute atomic E-state index is 0.0312. The molecule has 1 heterocycles. The molecule has 0 aliphatic carbocycles. The number of hydrogen-bond acceptors (Lipinski definition) is 4. The first-order chi connectivity index (χ1) is 7.31. The normalized spacial score (nSPS) is 27.9. The van der Waals surface area contributed by atoms with Gasteiger partial charge in [0.2, 0.25) is 0 Å². The number of nitrogens with zero attached hydrogens (tertiary/aromatic N) is 1. The summed E-state index contributed by atoms with van der Waals surface area (Å²) in [7, 11) is -3.02. The first kappa shape index (κ1) is 13.4. The van der Waals surface area contributed by atoms with Crippen LogP contribution in [0, 0.1) is 5.92 Å². The van der Waals surface area contributed by atoms with Crippen molar-refractivity contribution in [2.24, 2.45) is 5.92 Å². The first-order valence-electron chi connectivity index (χ1n) is 5.46. The van der Waals surface area contributed by atoms with Crippen LogP contribution >= 0.6 is 0 Å². The van der Waals surface area contributed by atoms with Crippen molar-refractivity contribution in [1.82, 2.24) is 4.90 Å². The Balaban J connectivity index is 2.65. The van der Waals surface area contributed by atoms with Crippen LogP contribution in [0.3, 0.4) is 0 Å². The van der Waals surface area contributed by atoms with Gasteiger partial charge in [0.05, 0.1) is 5.75 Å². The first-order valence-corrected chi connectivity index (χ1v) is 7.52. The van der Waals surface area contributed by atoms with Gasteiger partial charge in [0.1, 0.15) is 15.9 Å². The predicted molar refractivity (Wildman–Crippen MR) is 61.1 cm³/mol. The van der Waals surface area contributed by atoms with Gasteiger partial charge in [-0.05, 0) is 25.3 Å². The summed E-state index contributed by atoms with van der Waals surface area (Å²) in [6, 6.07) is -0.532. The number of carbonyl (C=O) groups is 1. The molecule has 94 valence electrons. The molecule has 1 N–H and O–H groups in total. The molecule has 0 aromatic carbocycles. The zero-order valence-electron chi connectivity index (χ0n) is 9.72. The highest BCUT2D eigenvalue weighted by Crippen LogP contribution is 2.23. The van der Waals surface area contributed by atoms with E-state index in [1.54, 1.807) is 4.90 Å². The van der Waals surface area contributed by atoms with E-state index in [1.165, 1.54) is 6.26 Å². The maximum absolute atomic E-state index is 11.1. The van der Waals surface area contributed by atoms with Crippen molar-refractivity contribution in [2.45, 2.75) is 25.8 Å². The van der Waals surface area contributed by atoms with Crippen LogP contribution in [0.25, 0.3) is 0 Å². The van der Waals surface area contributed by atoms with Crippen molar-refractivity contribution in [3.05, 3.63) is 0 Å². The van der Waals surface area contributed by atoms with Crippen molar-refractivity contribution >= 4 is 15.8 Å². The van der Waals surface area contributed by atoms with E-state index >= 15 is 0 Å². The fraction of sp³-hybridized carbons (Fsp3) is 0.900. The molecular formula is C10H19NO4S. The number of hydrogen-bond donors (Lipinski definition) is 1. The Morgan fingerprint density at radius 3 is 2.62 bits per heavy atom. The number of aliphatic carboxylic acids is 1. The zero-order chi connectivity index (χ0) is 12.3. The quantitative estimate of drug-likeness (QED) is 0.771. The second-order valence-electron chi connectivity index (χ2n) is 4.57. The van der Waals surface area contributed by atoms with Crippen LogP contribution in [0.5, 0.6) is 0 Å². The summed E-state index contributed by atoms with van der Waals surface area (Å²) in [5, 5.41) is 9.12. The molecule has 1 saturated heterocycles. The van der Waals surface area contributed by atoms with Crippen LogP contribution in [-0.4, -0.2) is 55.5 Å². The van der Waals surface area contributed by atoms with E-state index in [9.17, 15) is 13.2 Å².